The van der Waals surface area contributed by atoms with Crippen molar-refractivity contribution in [1.29, 1.82) is 0 Å². The Balaban J connectivity index is 1.40. The van der Waals surface area contributed by atoms with Crippen LogP contribution in [-0.4, -0.2) is 42.8 Å². The number of nitrogens with one attached hydrogen (secondary N) is 2. The molecule has 32 heavy (non-hydrogen) atoms. The van der Waals surface area contributed by atoms with Crippen LogP contribution in [0.15, 0.2) is 48.5 Å². The van der Waals surface area contributed by atoms with E-state index in [2.05, 4.69) is 33.0 Å². The summed E-state index contributed by atoms with van der Waals surface area (Å²) in [6, 6.07) is 15.1. The van der Waals surface area contributed by atoms with Crippen LogP contribution in [0.25, 0.3) is 0 Å². The first kappa shape index (κ1) is 23.6. The van der Waals surface area contributed by atoms with E-state index in [4.69, 9.17) is 9.47 Å². The summed E-state index contributed by atoms with van der Waals surface area (Å²) in [5.41, 5.74) is 1.65. The molecule has 3 aromatic rings. The Morgan fingerprint density at radius 2 is 1.72 bits per heavy atom. The SMILES string of the molecule is COc1cc(OC)cc(C(=O)NCCC(=O)Nc2nnc(CSCc3ccccc3)s2)c1. The smallest absolute Gasteiger partial charge is 0.251 e. The maximum atomic E-state index is 12.4. The van der Waals surface area contributed by atoms with Crippen LogP contribution in [0.2, 0.25) is 0 Å². The lowest BCUT2D eigenvalue weighted by Crippen LogP contribution is -2.27. The van der Waals surface area contributed by atoms with Gasteiger partial charge >= 0.3 is 0 Å². The molecule has 1 heterocycles. The number of carbonyl (C=O) groups excluding carboxylic acids is 2. The van der Waals surface area contributed by atoms with Crippen molar-refractivity contribution in [2.45, 2.75) is 17.9 Å². The molecule has 0 aliphatic rings. The second-order valence-electron chi connectivity index (χ2n) is 6.63. The molecule has 0 atom stereocenters. The van der Waals surface area contributed by atoms with E-state index in [0.29, 0.717) is 22.2 Å². The summed E-state index contributed by atoms with van der Waals surface area (Å²) < 4.78 is 10.3. The molecule has 0 bridgehead atoms. The summed E-state index contributed by atoms with van der Waals surface area (Å²) in [6.45, 7) is 0.183. The number of benzene rings is 2. The quantitative estimate of drug-likeness (QED) is 0.438. The van der Waals surface area contributed by atoms with Gasteiger partial charge in [-0.3, -0.25) is 9.59 Å². The van der Waals surface area contributed by atoms with Crippen LogP contribution in [0, 0.1) is 0 Å². The van der Waals surface area contributed by atoms with E-state index in [0.717, 1.165) is 16.5 Å². The highest BCUT2D eigenvalue weighted by Gasteiger charge is 2.12. The van der Waals surface area contributed by atoms with E-state index in [1.165, 1.54) is 31.1 Å². The predicted octanol–water partition coefficient (Wildman–Crippen LogP) is 3.75. The maximum absolute atomic E-state index is 12.4. The molecular formula is C22H24N4O4S2. The summed E-state index contributed by atoms with van der Waals surface area (Å²) >= 11 is 3.09. The van der Waals surface area contributed by atoms with Gasteiger partial charge in [-0.15, -0.1) is 22.0 Å². The Hall–Kier alpha value is -3.11. The highest BCUT2D eigenvalue weighted by Crippen LogP contribution is 2.23. The van der Waals surface area contributed by atoms with Gasteiger partial charge in [0.1, 0.15) is 16.5 Å². The number of anilines is 1. The maximum Gasteiger partial charge on any atom is 0.251 e. The molecule has 2 amide bonds. The van der Waals surface area contributed by atoms with Crippen LogP contribution in [0.5, 0.6) is 11.5 Å². The fraction of sp³-hybridized carbons (Fsp3) is 0.273. The van der Waals surface area contributed by atoms with Crippen LogP contribution >= 0.6 is 23.1 Å². The van der Waals surface area contributed by atoms with Gasteiger partial charge in [-0.25, -0.2) is 0 Å². The largest absolute Gasteiger partial charge is 0.497 e. The zero-order chi connectivity index (χ0) is 22.8. The van der Waals surface area contributed by atoms with Crippen LogP contribution in [0.4, 0.5) is 5.13 Å². The number of nitrogens with zero attached hydrogens (tertiary/aromatic N) is 2. The first-order valence-electron chi connectivity index (χ1n) is 9.82. The van der Waals surface area contributed by atoms with E-state index < -0.39 is 0 Å². The molecule has 2 N–H and O–H groups in total. The predicted molar refractivity (Wildman–Crippen MR) is 126 cm³/mol. The molecule has 0 saturated heterocycles. The molecule has 0 unspecified atom stereocenters. The molecule has 10 heteroatoms. The minimum atomic E-state index is -0.316. The number of hydrogen-bond acceptors (Lipinski definition) is 8. The molecule has 0 radical (unpaired) electrons. The summed E-state index contributed by atoms with van der Waals surface area (Å²) in [5.74, 6) is 2.09. The second kappa shape index (κ2) is 12.1. The van der Waals surface area contributed by atoms with Gasteiger partial charge in [0.2, 0.25) is 11.0 Å². The molecule has 3 rings (SSSR count). The fourth-order valence-corrected chi connectivity index (χ4v) is 4.50. The summed E-state index contributed by atoms with van der Waals surface area (Å²) in [7, 11) is 3.03. The molecular weight excluding hydrogens is 448 g/mol. The van der Waals surface area contributed by atoms with E-state index >= 15 is 0 Å². The van der Waals surface area contributed by atoms with Gasteiger partial charge in [-0.05, 0) is 17.7 Å². The Labute approximate surface area is 194 Å². The Morgan fingerprint density at radius 1 is 1.00 bits per heavy atom. The number of ether oxygens (including phenoxy) is 2. The first-order valence-corrected chi connectivity index (χ1v) is 11.8. The zero-order valence-electron chi connectivity index (χ0n) is 17.8. The van der Waals surface area contributed by atoms with Crippen molar-refractivity contribution >= 4 is 40.0 Å². The van der Waals surface area contributed by atoms with Crippen LogP contribution < -0.4 is 20.1 Å². The molecule has 0 aliphatic heterocycles. The number of hydrogen-bond donors (Lipinski definition) is 2. The normalized spacial score (nSPS) is 10.4. The van der Waals surface area contributed by atoms with Crippen molar-refractivity contribution in [3.05, 3.63) is 64.7 Å². The zero-order valence-corrected chi connectivity index (χ0v) is 19.4. The average molecular weight is 473 g/mol. The molecule has 0 saturated carbocycles. The lowest BCUT2D eigenvalue weighted by Gasteiger charge is -2.09. The highest BCUT2D eigenvalue weighted by atomic mass is 32.2. The molecule has 168 valence electrons. The van der Waals surface area contributed by atoms with E-state index in [1.807, 2.05) is 18.2 Å². The summed E-state index contributed by atoms with van der Waals surface area (Å²) in [4.78, 5) is 24.5. The monoisotopic (exact) mass is 472 g/mol. The van der Waals surface area contributed by atoms with E-state index in [-0.39, 0.29) is 24.8 Å². The molecule has 2 aromatic carbocycles. The highest BCUT2D eigenvalue weighted by molar-refractivity contribution is 7.97. The Morgan fingerprint density at radius 3 is 2.41 bits per heavy atom. The van der Waals surface area contributed by atoms with Crippen molar-refractivity contribution in [3.63, 3.8) is 0 Å². The lowest BCUT2D eigenvalue weighted by atomic mass is 10.2. The van der Waals surface area contributed by atoms with Crippen LogP contribution in [-0.2, 0) is 16.3 Å². The molecule has 0 spiro atoms. The molecule has 8 nitrogen and oxygen atoms in total. The number of carbonyl (C=O) groups is 2. The third kappa shape index (κ3) is 7.24. The van der Waals surface area contributed by atoms with Gasteiger partial charge in [0, 0.05) is 36.1 Å². The third-order valence-corrected chi connectivity index (χ3v) is 6.34. The summed E-state index contributed by atoms with van der Waals surface area (Å²) in [6.07, 6.45) is 0.116. The van der Waals surface area contributed by atoms with E-state index in [9.17, 15) is 9.59 Å². The number of rotatable bonds is 11. The summed E-state index contributed by atoms with van der Waals surface area (Å²) in [5, 5.41) is 14.9. The molecule has 1 aromatic heterocycles. The van der Waals surface area contributed by atoms with Crippen molar-refractivity contribution in [2.75, 3.05) is 26.1 Å². The van der Waals surface area contributed by atoms with Crippen molar-refractivity contribution in [1.82, 2.24) is 15.5 Å². The Kier molecular flexibility index (Phi) is 8.88. The van der Waals surface area contributed by atoms with Crippen molar-refractivity contribution in [3.8, 4) is 11.5 Å². The van der Waals surface area contributed by atoms with Gasteiger partial charge in [-0.1, -0.05) is 41.7 Å². The number of aromatic nitrogens is 2. The number of methoxy groups -OCH3 is 2. The first-order chi connectivity index (χ1) is 15.6. The van der Waals surface area contributed by atoms with Crippen molar-refractivity contribution < 1.29 is 19.1 Å². The number of amides is 2. The standard InChI is InChI=1S/C22H24N4O4S2/c1-29-17-10-16(11-18(12-17)30-2)21(28)23-9-8-19(27)24-22-26-25-20(32-22)14-31-13-15-6-4-3-5-7-15/h3-7,10-12H,8-9,13-14H2,1-2H3,(H,23,28)(H,24,26,27). The van der Waals surface area contributed by atoms with Crippen LogP contribution in [0.1, 0.15) is 27.3 Å². The van der Waals surface area contributed by atoms with Crippen LogP contribution in [0.3, 0.4) is 0 Å². The van der Waals surface area contributed by atoms with Gasteiger partial charge in [0.25, 0.3) is 5.91 Å². The topological polar surface area (TPSA) is 102 Å². The fourth-order valence-electron chi connectivity index (χ4n) is 2.70. The second-order valence-corrected chi connectivity index (χ2v) is 8.68. The molecule has 0 aliphatic carbocycles. The minimum Gasteiger partial charge on any atom is -0.497 e. The van der Waals surface area contributed by atoms with E-state index in [1.54, 1.807) is 30.0 Å². The average Bonchev–Trinajstić information content (AvgIpc) is 3.26. The third-order valence-electron chi connectivity index (χ3n) is 4.30. The lowest BCUT2D eigenvalue weighted by molar-refractivity contribution is -0.116. The van der Waals surface area contributed by atoms with Gasteiger partial charge in [0.05, 0.1) is 14.2 Å². The number of thioether (sulfide) groups is 1. The van der Waals surface area contributed by atoms with Crippen molar-refractivity contribution in [2.24, 2.45) is 0 Å². The molecule has 0 fully saturated rings. The van der Waals surface area contributed by atoms with Gasteiger partial charge in [0.15, 0.2) is 0 Å². The van der Waals surface area contributed by atoms with Gasteiger partial charge in [-0.2, -0.15) is 0 Å². The Bertz CT molecular complexity index is 1020. The van der Waals surface area contributed by atoms with Gasteiger partial charge < -0.3 is 20.1 Å². The minimum absolute atomic E-state index is 0.116.